The maximum absolute atomic E-state index is 14.3. The monoisotopic (exact) mass is 469 g/mol. The number of non-ortho nitro benzene ring substituents is 1. The summed E-state index contributed by atoms with van der Waals surface area (Å²) in [7, 11) is -4.06. The van der Waals surface area contributed by atoms with Gasteiger partial charge >= 0.3 is 0 Å². The molecule has 12 heteroatoms. The number of benzene rings is 2. The molecule has 1 saturated heterocycles. The fourth-order valence-corrected chi connectivity index (χ4v) is 5.22. The topological polar surface area (TPSA) is 119 Å². The van der Waals surface area contributed by atoms with Gasteiger partial charge in [0.25, 0.3) is 5.69 Å². The number of anilines is 1. The summed E-state index contributed by atoms with van der Waals surface area (Å²) < 4.78 is 46.1. The van der Waals surface area contributed by atoms with E-state index in [1.54, 1.807) is 6.92 Å². The Hall–Kier alpha value is -2.54. The third-order valence-corrected chi connectivity index (χ3v) is 7.54. The maximum Gasteiger partial charge on any atom is 0.269 e. The van der Waals surface area contributed by atoms with Gasteiger partial charge in [-0.25, -0.2) is 12.8 Å². The number of thioether (sulfide) groups is 1. The van der Waals surface area contributed by atoms with Crippen molar-refractivity contribution in [2.75, 3.05) is 31.6 Å². The van der Waals surface area contributed by atoms with Crippen molar-refractivity contribution in [3.8, 4) is 0 Å². The molecule has 0 saturated carbocycles. The van der Waals surface area contributed by atoms with Crippen molar-refractivity contribution >= 4 is 39.1 Å². The summed E-state index contributed by atoms with van der Waals surface area (Å²) in [5.74, 6) is -1.33. The summed E-state index contributed by atoms with van der Waals surface area (Å²) in [5, 5.41) is 12.7. The van der Waals surface area contributed by atoms with E-state index in [0.29, 0.717) is 4.90 Å². The van der Waals surface area contributed by atoms with Crippen LogP contribution < -0.4 is 5.32 Å². The van der Waals surface area contributed by atoms with Gasteiger partial charge in [0.1, 0.15) is 10.7 Å². The normalized spacial score (nSPS) is 15.9. The number of nitro groups is 1. The molecular formula is C19H20FN3O6S2. The number of nitrogens with one attached hydrogen (secondary N) is 1. The van der Waals surface area contributed by atoms with Gasteiger partial charge in [-0.2, -0.15) is 4.31 Å². The zero-order chi connectivity index (χ0) is 22.6. The molecule has 9 nitrogen and oxygen atoms in total. The van der Waals surface area contributed by atoms with Crippen LogP contribution in [0.4, 0.5) is 15.8 Å². The molecule has 31 heavy (non-hydrogen) atoms. The van der Waals surface area contributed by atoms with E-state index in [1.807, 2.05) is 0 Å². The number of halogens is 1. The Morgan fingerprint density at radius 1 is 1.23 bits per heavy atom. The van der Waals surface area contributed by atoms with Crippen molar-refractivity contribution in [2.24, 2.45) is 0 Å². The van der Waals surface area contributed by atoms with E-state index in [4.69, 9.17) is 4.74 Å². The summed E-state index contributed by atoms with van der Waals surface area (Å²) in [5.41, 5.74) is 0.0937. The molecule has 0 bridgehead atoms. The second-order valence-corrected chi connectivity index (χ2v) is 9.98. The Morgan fingerprint density at radius 2 is 1.87 bits per heavy atom. The van der Waals surface area contributed by atoms with Crippen LogP contribution in [0, 0.1) is 15.9 Å². The molecule has 166 valence electrons. The molecule has 2 aromatic rings. The Bertz CT molecular complexity index is 1070. The Balaban J connectivity index is 1.71. The van der Waals surface area contributed by atoms with Crippen molar-refractivity contribution in [1.82, 2.24) is 4.31 Å². The minimum atomic E-state index is -4.06. The number of carbonyl (C=O) groups is 1. The summed E-state index contributed by atoms with van der Waals surface area (Å²) >= 11 is 1.18. The number of rotatable bonds is 7. The van der Waals surface area contributed by atoms with E-state index in [-0.39, 0.29) is 37.7 Å². The van der Waals surface area contributed by atoms with Crippen molar-refractivity contribution in [3.05, 3.63) is 58.4 Å². The lowest BCUT2D eigenvalue weighted by atomic mass is 10.3. The smallest absolute Gasteiger partial charge is 0.269 e. The maximum atomic E-state index is 14.3. The number of hydrogen-bond donors (Lipinski definition) is 1. The second kappa shape index (κ2) is 9.73. The van der Waals surface area contributed by atoms with Crippen molar-refractivity contribution in [1.29, 1.82) is 0 Å². The van der Waals surface area contributed by atoms with E-state index < -0.39 is 36.8 Å². The highest BCUT2D eigenvalue weighted by atomic mass is 32.2. The summed E-state index contributed by atoms with van der Waals surface area (Å²) in [4.78, 5) is 22.9. The van der Waals surface area contributed by atoms with E-state index in [1.165, 1.54) is 42.1 Å². The summed E-state index contributed by atoms with van der Waals surface area (Å²) in [6.07, 6.45) is 0. The molecule has 0 radical (unpaired) electrons. The predicted molar refractivity (Wildman–Crippen MR) is 113 cm³/mol. The van der Waals surface area contributed by atoms with Crippen LogP contribution in [0.5, 0.6) is 0 Å². The van der Waals surface area contributed by atoms with Crippen LogP contribution in [0.25, 0.3) is 0 Å². The summed E-state index contributed by atoms with van der Waals surface area (Å²) in [6, 6.07) is 9.15. The Kier molecular flexibility index (Phi) is 7.26. The molecule has 1 aliphatic rings. The van der Waals surface area contributed by atoms with Gasteiger partial charge in [-0.15, -0.1) is 11.8 Å². The van der Waals surface area contributed by atoms with Crippen LogP contribution in [0.3, 0.4) is 0 Å². The second-order valence-electron chi connectivity index (χ2n) is 6.66. The lowest BCUT2D eigenvalue weighted by Crippen LogP contribution is -2.40. The van der Waals surface area contributed by atoms with E-state index in [2.05, 4.69) is 5.32 Å². The standard InChI is InChI=1S/C19H20FN3O6S2/c1-13(30-16-5-3-15(4-6-16)23(25)26)19(24)21-14-2-7-17(20)18(12-14)31(27,28)22-8-10-29-11-9-22/h2-7,12-13H,8-11H2,1H3,(H,21,24)/t13-/m0/s1. The van der Waals surface area contributed by atoms with Gasteiger partial charge in [0.05, 0.1) is 23.4 Å². The van der Waals surface area contributed by atoms with E-state index in [9.17, 15) is 27.7 Å². The Labute approximate surface area is 182 Å². The van der Waals surface area contributed by atoms with E-state index >= 15 is 0 Å². The molecule has 1 amide bonds. The molecule has 1 aliphatic heterocycles. The molecule has 1 N–H and O–H groups in total. The number of sulfonamides is 1. The van der Waals surface area contributed by atoms with Gasteiger partial charge in [-0.05, 0) is 37.3 Å². The minimum Gasteiger partial charge on any atom is -0.379 e. The number of amides is 1. The first-order valence-corrected chi connectivity index (χ1v) is 11.6. The van der Waals surface area contributed by atoms with Crippen LogP contribution in [0.2, 0.25) is 0 Å². The van der Waals surface area contributed by atoms with Gasteiger partial charge in [-0.3, -0.25) is 14.9 Å². The predicted octanol–water partition coefficient (Wildman–Crippen LogP) is 2.87. The number of ether oxygens (including phenoxy) is 1. The zero-order valence-corrected chi connectivity index (χ0v) is 18.1. The van der Waals surface area contributed by atoms with Gasteiger partial charge in [0.2, 0.25) is 15.9 Å². The van der Waals surface area contributed by atoms with Gasteiger partial charge in [0, 0.05) is 35.8 Å². The third kappa shape index (κ3) is 5.58. The van der Waals surface area contributed by atoms with E-state index in [0.717, 1.165) is 16.4 Å². The van der Waals surface area contributed by atoms with Crippen LogP contribution in [0.15, 0.2) is 52.3 Å². The number of morpholine rings is 1. The number of hydrogen-bond acceptors (Lipinski definition) is 7. The largest absolute Gasteiger partial charge is 0.379 e. The first-order valence-electron chi connectivity index (χ1n) is 9.28. The number of carbonyl (C=O) groups excluding carboxylic acids is 1. The minimum absolute atomic E-state index is 0.0539. The SMILES string of the molecule is C[C@H](Sc1ccc([N+](=O)[O-])cc1)C(=O)Nc1ccc(F)c(S(=O)(=O)N2CCOCC2)c1. The molecule has 0 aromatic heterocycles. The van der Waals surface area contributed by atoms with Crippen LogP contribution in [-0.4, -0.2) is 55.1 Å². The highest BCUT2D eigenvalue weighted by Gasteiger charge is 2.29. The van der Waals surface area contributed by atoms with Crippen molar-refractivity contribution in [3.63, 3.8) is 0 Å². The molecule has 2 aromatic carbocycles. The molecule has 0 spiro atoms. The highest BCUT2D eigenvalue weighted by Crippen LogP contribution is 2.27. The van der Waals surface area contributed by atoms with Gasteiger partial charge < -0.3 is 10.1 Å². The Morgan fingerprint density at radius 3 is 2.48 bits per heavy atom. The molecule has 0 unspecified atom stereocenters. The third-order valence-electron chi connectivity index (χ3n) is 4.52. The lowest BCUT2D eigenvalue weighted by Gasteiger charge is -2.26. The summed E-state index contributed by atoms with van der Waals surface area (Å²) in [6.45, 7) is 2.35. The fourth-order valence-electron chi connectivity index (χ4n) is 2.85. The molecule has 3 rings (SSSR count). The molecule has 1 atom stereocenters. The molecule has 1 heterocycles. The molecule has 0 aliphatic carbocycles. The highest BCUT2D eigenvalue weighted by molar-refractivity contribution is 8.00. The quantitative estimate of drug-likeness (QED) is 0.376. The van der Waals surface area contributed by atoms with Crippen LogP contribution in [-0.2, 0) is 19.6 Å². The van der Waals surface area contributed by atoms with Crippen molar-refractivity contribution < 1.29 is 27.3 Å². The van der Waals surface area contributed by atoms with Crippen LogP contribution in [0.1, 0.15) is 6.92 Å². The fraction of sp³-hybridized carbons (Fsp3) is 0.316. The van der Waals surface area contributed by atoms with Crippen LogP contribution >= 0.6 is 11.8 Å². The number of nitro benzene ring substituents is 1. The molecular weight excluding hydrogens is 449 g/mol. The zero-order valence-electron chi connectivity index (χ0n) is 16.5. The lowest BCUT2D eigenvalue weighted by molar-refractivity contribution is -0.384. The first kappa shape index (κ1) is 23.1. The van der Waals surface area contributed by atoms with Crippen molar-refractivity contribution in [2.45, 2.75) is 22.0 Å². The van der Waals surface area contributed by atoms with Gasteiger partial charge in [-0.1, -0.05) is 0 Å². The average Bonchev–Trinajstić information content (AvgIpc) is 2.76. The number of nitrogens with zero attached hydrogens (tertiary/aromatic N) is 2. The first-order chi connectivity index (χ1) is 14.7. The molecule has 1 fully saturated rings. The average molecular weight is 470 g/mol. The van der Waals surface area contributed by atoms with Gasteiger partial charge in [0.15, 0.2) is 0 Å².